The minimum Gasteiger partial charge on any atom is -0.449 e. The zero-order valence-corrected chi connectivity index (χ0v) is 15.8. The molecule has 10 heteroatoms. The van der Waals surface area contributed by atoms with Crippen LogP contribution in [0, 0.1) is 15.9 Å². The number of nitro benzene ring substituents is 1. The maximum Gasteiger partial charge on any atom is 0.340 e. The van der Waals surface area contributed by atoms with Crippen LogP contribution in [0.5, 0.6) is 0 Å². The van der Waals surface area contributed by atoms with Crippen LogP contribution in [0.25, 0.3) is 0 Å². The molecule has 0 unspecified atom stereocenters. The van der Waals surface area contributed by atoms with Crippen molar-refractivity contribution < 1.29 is 23.6 Å². The summed E-state index contributed by atoms with van der Waals surface area (Å²) >= 11 is 7.40. The van der Waals surface area contributed by atoms with Crippen molar-refractivity contribution in [3.05, 3.63) is 62.9 Å². The van der Waals surface area contributed by atoms with Crippen LogP contribution in [0.2, 0.25) is 5.02 Å². The van der Waals surface area contributed by atoms with Gasteiger partial charge in [0.15, 0.2) is 6.10 Å². The van der Waals surface area contributed by atoms with Gasteiger partial charge in [0.05, 0.1) is 15.5 Å². The number of hydrogen-bond donors (Lipinski definition) is 1. The highest BCUT2D eigenvalue weighted by molar-refractivity contribution is 7.98. The molecule has 0 saturated heterocycles. The number of halogens is 2. The molecule has 0 saturated carbocycles. The minimum absolute atomic E-state index is 0.00147. The molecule has 2 aromatic rings. The van der Waals surface area contributed by atoms with Gasteiger partial charge in [-0.05, 0) is 43.5 Å². The number of thioether (sulfide) groups is 1. The Morgan fingerprint density at radius 1 is 1.30 bits per heavy atom. The van der Waals surface area contributed by atoms with E-state index in [1.807, 2.05) is 6.26 Å². The fraction of sp³-hybridized carbons (Fsp3) is 0.176. The topological polar surface area (TPSA) is 98.5 Å². The average Bonchev–Trinajstić information content (AvgIpc) is 2.63. The van der Waals surface area contributed by atoms with E-state index in [0.717, 1.165) is 23.1 Å². The fourth-order valence-corrected chi connectivity index (χ4v) is 2.67. The molecular formula is C17H14ClFN2O5S. The van der Waals surface area contributed by atoms with Crippen molar-refractivity contribution in [3.63, 3.8) is 0 Å². The van der Waals surface area contributed by atoms with Crippen molar-refractivity contribution in [2.75, 3.05) is 11.6 Å². The summed E-state index contributed by atoms with van der Waals surface area (Å²) in [5, 5.41) is 13.3. The summed E-state index contributed by atoms with van der Waals surface area (Å²) in [4.78, 5) is 35.1. The first-order valence-corrected chi connectivity index (χ1v) is 9.12. The van der Waals surface area contributed by atoms with Gasteiger partial charge in [0.1, 0.15) is 0 Å². The standard InChI is InChI=1S/C17H14ClFN2O5S/c1-9(26-17(23)12-8-11(27-2)4-5-13(12)18)16(22)20-10-3-6-14(19)15(7-10)21(24)25/h3-9H,1-2H3,(H,20,22)/t9-/m1/s1. The number of esters is 1. The SMILES string of the molecule is CSc1ccc(Cl)c(C(=O)O[C@H](C)C(=O)Nc2ccc(F)c([N+](=O)[O-])c2)c1. The molecule has 0 radical (unpaired) electrons. The number of amides is 1. The summed E-state index contributed by atoms with van der Waals surface area (Å²) in [6.07, 6.45) is 0.617. The lowest BCUT2D eigenvalue weighted by Gasteiger charge is -2.14. The lowest BCUT2D eigenvalue weighted by molar-refractivity contribution is -0.387. The van der Waals surface area contributed by atoms with Crippen LogP contribution in [0.4, 0.5) is 15.8 Å². The van der Waals surface area contributed by atoms with Gasteiger partial charge < -0.3 is 10.1 Å². The zero-order valence-electron chi connectivity index (χ0n) is 14.2. The quantitative estimate of drug-likeness (QED) is 0.329. The second kappa shape index (κ2) is 8.83. The molecule has 0 aliphatic carbocycles. The van der Waals surface area contributed by atoms with Crippen LogP contribution in [-0.2, 0) is 9.53 Å². The van der Waals surface area contributed by atoms with Crippen molar-refractivity contribution in [1.82, 2.24) is 0 Å². The summed E-state index contributed by atoms with van der Waals surface area (Å²) in [6.45, 7) is 1.33. The Morgan fingerprint density at radius 3 is 2.63 bits per heavy atom. The Morgan fingerprint density at radius 2 is 2.00 bits per heavy atom. The van der Waals surface area contributed by atoms with E-state index in [2.05, 4.69) is 5.32 Å². The van der Waals surface area contributed by atoms with Crippen LogP contribution in [0.15, 0.2) is 41.3 Å². The van der Waals surface area contributed by atoms with E-state index in [0.29, 0.717) is 0 Å². The van der Waals surface area contributed by atoms with Gasteiger partial charge >= 0.3 is 11.7 Å². The Labute approximate surface area is 163 Å². The predicted molar refractivity (Wildman–Crippen MR) is 99.8 cm³/mol. The maximum absolute atomic E-state index is 13.3. The average molecular weight is 413 g/mol. The van der Waals surface area contributed by atoms with E-state index < -0.39 is 34.4 Å². The highest BCUT2D eigenvalue weighted by atomic mass is 35.5. The molecule has 142 valence electrons. The molecule has 0 aliphatic rings. The number of ether oxygens (including phenoxy) is 1. The molecule has 0 fully saturated rings. The normalized spacial score (nSPS) is 11.6. The van der Waals surface area contributed by atoms with Crippen molar-refractivity contribution in [1.29, 1.82) is 0 Å². The van der Waals surface area contributed by atoms with Crippen LogP contribution >= 0.6 is 23.4 Å². The largest absolute Gasteiger partial charge is 0.449 e. The van der Waals surface area contributed by atoms with Gasteiger partial charge in [0, 0.05) is 16.6 Å². The Bertz CT molecular complexity index is 909. The van der Waals surface area contributed by atoms with Crippen LogP contribution < -0.4 is 5.32 Å². The number of nitro groups is 1. The van der Waals surface area contributed by atoms with Gasteiger partial charge in [0.2, 0.25) is 5.82 Å². The molecule has 0 aromatic heterocycles. The van der Waals surface area contributed by atoms with Crippen molar-refractivity contribution in [2.24, 2.45) is 0 Å². The number of hydrogen-bond acceptors (Lipinski definition) is 6. The monoisotopic (exact) mass is 412 g/mol. The second-order valence-corrected chi connectivity index (χ2v) is 6.59. The third-order valence-electron chi connectivity index (χ3n) is 3.46. The number of carbonyl (C=O) groups is 2. The third kappa shape index (κ3) is 5.18. The first-order valence-electron chi connectivity index (χ1n) is 7.52. The van der Waals surface area contributed by atoms with Crippen molar-refractivity contribution >= 4 is 46.6 Å². The van der Waals surface area contributed by atoms with E-state index in [9.17, 15) is 24.1 Å². The van der Waals surface area contributed by atoms with Gasteiger partial charge in [0.25, 0.3) is 5.91 Å². The Hall–Kier alpha value is -2.65. The van der Waals surface area contributed by atoms with Crippen molar-refractivity contribution in [3.8, 4) is 0 Å². The molecule has 2 rings (SSSR count). The summed E-state index contributed by atoms with van der Waals surface area (Å²) in [5.74, 6) is -2.55. The minimum atomic E-state index is -1.21. The number of carbonyl (C=O) groups excluding carboxylic acids is 2. The summed E-state index contributed by atoms with van der Waals surface area (Å²) in [7, 11) is 0. The molecule has 1 amide bonds. The van der Waals surface area contributed by atoms with Crippen LogP contribution in [-0.4, -0.2) is 29.2 Å². The highest BCUT2D eigenvalue weighted by Crippen LogP contribution is 2.25. The highest BCUT2D eigenvalue weighted by Gasteiger charge is 2.22. The predicted octanol–water partition coefficient (Wildman–Crippen LogP) is 4.29. The first-order chi connectivity index (χ1) is 12.7. The van der Waals surface area contributed by atoms with Gasteiger partial charge in [-0.15, -0.1) is 11.8 Å². The molecule has 7 nitrogen and oxygen atoms in total. The smallest absolute Gasteiger partial charge is 0.340 e. The van der Waals surface area contributed by atoms with E-state index >= 15 is 0 Å². The van der Waals surface area contributed by atoms with E-state index in [-0.39, 0.29) is 16.3 Å². The lowest BCUT2D eigenvalue weighted by Crippen LogP contribution is -2.30. The van der Waals surface area contributed by atoms with Gasteiger partial charge in [-0.1, -0.05) is 11.6 Å². The lowest BCUT2D eigenvalue weighted by atomic mass is 10.2. The van der Waals surface area contributed by atoms with Crippen LogP contribution in [0.1, 0.15) is 17.3 Å². The molecular weight excluding hydrogens is 399 g/mol. The Kier molecular flexibility index (Phi) is 6.75. The van der Waals surface area contributed by atoms with E-state index in [1.165, 1.54) is 18.7 Å². The molecule has 0 bridgehead atoms. The molecule has 0 aliphatic heterocycles. The summed E-state index contributed by atoms with van der Waals surface area (Å²) < 4.78 is 18.4. The molecule has 1 atom stereocenters. The number of nitrogens with one attached hydrogen (secondary N) is 1. The number of nitrogens with zero attached hydrogens (tertiary/aromatic N) is 1. The maximum atomic E-state index is 13.3. The number of benzene rings is 2. The zero-order chi connectivity index (χ0) is 20.1. The molecule has 0 spiro atoms. The molecule has 1 N–H and O–H groups in total. The molecule has 2 aromatic carbocycles. The van der Waals surface area contributed by atoms with Gasteiger partial charge in [-0.3, -0.25) is 14.9 Å². The van der Waals surface area contributed by atoms with Gasteiger partial charge in [-0.25, -0.2) is 4.79 Å². The first kappa shape index (κ1) is 20.7. The molecule has 27 heavy (non-hydrogen) atoms. The van der Waals surface area contributed by atoms with E-state index in [1.54, 1.807) is 18.2 Å². The number of anilines is 1. The summed E-state index contributed by atoms with van der Waals surface area (Å²) in [5.41, 5.74) is -0.669. The molecule has 0 heterocycles. The van der Waals surface area contributed by atoms with Crippen molar-refractivity contribution in [2.45, 2.75) is 17.9 Å². The third-order valence-corrected chi connectivity index (χ3v) is 4.51. The van der Waals surface area contributed by atoms with Crippen LogP contribution in [0.3, 0.4) is 0 Å². The number of rotatable bonds is 6. The Balaban J connectivity index is 2.09. The van der Waals surface area contributed by atoms with E-state index in [4.69, 9.17) is 16.3 Å². The summed E-state index contributed by atoms with van der Waals surface area (Å²) in [6, 6.07) is 7.73. The second-order valence-electron chi connectivity index (χ2n) is 5.31. The fourth-order valence-electron chi connectivity index (χ4n) is 2.04. The van der Waals surface area contributed by atoms with Gasteiger partial charge in [-0.2, -0.15) is 4.39 Å².